The van der Waals surface area contributed by atoms with E-state index in [0.29, 0.717) is 0 Å². The van der Waals surface area contributed by atoms with Crippen LogP contribution in [0.25, 0.3) is 0 Å². The number of rotatable bonds is 6. The molecule has 0 aliphatic carbocycles. The number of hydrogen-bond acceptors (Lipinski definition) is 3. The van der Waals surface area contributed by atoms with Crippen LogP contribution < -0.4 is 4.90 Å². The Kier molecular flexibility index (Phi) is 5.02. The second-order valence-corrected chi connectivity index (χ2v) is 4.67. The molecule has 0 atom stereocenters. The maximum absolute atomic E-state index is 13.0. The van der Waals surface area contributed by atoms with Crippen LogP contribution in [0.3, 0.4) is 0 Å². The van der Waals surface area contributed by atoms with E-state index in [1.807, 2.05) is 21.0 Å². The van der Waals surface area contributed by atoms with Crippen LogP contribution in [0.15, 0.2) is 18.3 Å². The molecule has 0 amide bonds. The van der Waals surface area contributed by atoms with Crippen molar-refractivity contribution < 1.29 is 8.78 Å². The van der Waals surface area contributed by atoms with E-state index in [9.17, 15) is 8.78 Å². The first-order chi connectivity index (χ1) is 8.34. The number of nitrogens with zero attached hydrogens (tertiary/aromatic N) is 3. The van der Waals surface area contributed by atoms with Gasteiger partial charge in [0.15, 0.2) is 0 Å². The second kappa shape index (κ2) is 6.09. The predicted octanol–water partition coefficient (Wildman–Crippen LogP) is 2.58. The van der Waals surface area contributed by atoms with E-state index in [2.05, 4.69) is 14.8 Å². The van der Waals surface area contributed by atoms with Gasteiger partial charge in [0.05, 0.1) is 11.9 Å². The molecular formula is C13H21F2N3. The highest BCUT2D eigenvalue weighted by Gasteiger charge is 2.25. The number of alkyl halides is 2. The largest absolute Gasteiger partial charge is 0.369 e. The Bertz CT molecular complexity index is 357. The topological polar surface area (TPSA) is 19.4 Å². The molecule has 0 radical (unpaired) electrons. The second-order valence-electron chi connectivity index (χ2n) is 4.67. The van der Waals surface area contributed by atoms with Gasteiger partial charge in [-0.2, -0.15) is 8.78 Å². The lowest BCUT2D eigenvalue weighted by Crippen LogP contribution is -2.31. The summed E-state index contributed by atoms with van der Waals surface area (Å²) in [5.74, 6) is -2.88. The van der Waals surface area contributed by atoms with Crippen LogP contribution >= 0.6 is 0 Å². The highest BCUT2D eigenvalue weighted by molar-refractivity contribution is 5.44. The summed E-state index contributed by atoms with van der Waals surface area (Å²) in [6.07, 6.45) is 1.52. The summed E-state index contributed by atoms with van der Waals surface area (Å²) in [5, 5.41) is 0. The molecule has 0 aliphatic rings. The molecule has 1 heterocycles. The SMILES string of the molecule is CCN(CCN(C)C)c1ccc(C(C)(F)F)nc1. The van der Waals surface area contributed by atoms with Crippen LogP contribution in [-0.4, -0.2) is 43.6 Å². The van der Waals surface area contributed by atoms with E-state index in [1.54, 1.807) is 6.07 Å². The molecule has 18 heavy (non-hydrogen) atoms. The van der Waals surface area contributed by atoms with Crippen molar-refractivity contribution in [2.75, 3.05) is 38.6 Å². The van der Waals surface area contributed by atoms with Gasteiger partial charge in [0.1, 0.15) is 5.69 Å². The van der Waals surface area contributed by atoms with Crippen LogP contribution in [0, 0.1) is 0 Å². The summed E-state index contributed by atoms with van der Waals surface area (Å²) in [6.45, 7) is 5.50. The quantitative estimate of drug-likeness (QED) is 0.781. The lowest BCUT2D eigenvalue weighted by atomic mass is 10.2. The molecule has 0 N–H and O–H groups in total. The van der Waals surface area contributed by atoms with Crippen LogP contribution in [0.1, 0.15) is 19.5 Å². The third-order valence-electron chi connectivity index (χ3n) is 2.76. The highest BCUT2D eigenvalue weighted by atomic mass is 19.3. The summed E-state index contributed by atoms with van der Waals surface area (Å²) < 4.78 is 26.1. The zero-order chi connectivity index (χ0) is 13.8. The van der Waals surface area contributed by atoms with Gasteiger partial charge in [0.25, 0.3) is 5.92 Å². The molecule has 0 saturated heterocycles. The summed E-state index contributed by atoms with van der Waals surface area (Å²) in [4.78, 5) is 8.04. The Morgan fingerprint density at radius 1 is 1.22 bits per heavy atom. The van der Waals surface area contributed by atoms with Crippen LogP contribution in [-0.2, 0) is 5.92 Å². The van der Waals surface area contributed by atoms with Crippen molar-refractivity contribution >= 4 is 5.69 Å². The molecule has 0 unspecified atom stereocenters. The van der Waals surface area contributed by atoms with Crippen molar-refractivity contribution in [3.8, 4) is 0 Å². The van der Waals surface area contributed by atoms with Crippen molar-refractivity contribution in [1.29, 1.82) is 0 Å². The minimum Gasteiger partial charge on any atom is -0.369 e. The average Bonchev–Trinajstić information content (AvgIpc) is 2.29. The molecule has 0 bridgehead atoms. The van der Waals surface area contributed by atoms with Gasteiger partial charge in [-0.1, -0.05) is 0 Å². The Balaban J connectivity index is 2.76. The Hall–Kier alpha value is -1.23. The fourth-order valence-corrected chi connectivity index (χ4v) is 1.62. The summed E-state index contributed by atoms with van der Waals surface area (Å²) in [7, 11) is 4.01. The number of pyridine rings is 1. The Morgan fingerprint density at radius 3 is 2.28 bits per heavy atom. The van der Waals surface area contributed by atoms with Crippen molar-refractivity contribution in [3.63, 3.8) is 0 Å². The number of hydrogen-bond donors (Lipinski definition) is 0. The minimum absolute atomic E-state index is 0.185. The summed E-state index contributed by atoms with van der Waals surface area (Å²) in [6, 6.07) is 3.10. The van der Waals surface area contributed by atoms with Crippen LogP contribution in [0.5, 0.6) is 0 Å². The highest BCUT2D eigenvalue weighted by Crippen LogP contribution is 2.26. The lowest BCUT2D eigenvalue weighted by Gasteiger charge is -2.25. The molecule has 0 spiro atoms. The van der Waals surface area contributed by atoms with Crippen molar-refractivity contribution in [1.82, 2.24) is 9.88 Å². The third kappa shape index (κ3) is 4.22. The van der Waals surface area contributed by atoms with Crippen molar-refractivity contribution in [2.24, 2.45) is 0 Å². The van der Waals surface area contributed by atoms with Crippen molar-refractivity contribution in [3.05, 3.63) is 24.0 Å². The number of halogens is 2. The third-order valence-corrected chi connectivity index (χ3v) is 2.76. The van der Waals surface area contributed by atoms with Gasteiger partial charge in [-0.15, -0.1) is 0 Å². The van der Waals surface area contributed by atoms with Gasteiger partial charge >= 0.3 is 0 Å². The molecule has 0 aliphatic heterocycles. The Labute approximate surface area is 107 Å². The average molecular weight is 257 g/mol. The molecule has 102 valence electrons. The molecule has 1 rings (SSSR count). The fraction of sp³-hybridized carbons (Fsp3) is 0.615. The molecule has 0 fully saturated rings. The Morgan fingerprint density at radius 2 is 1.89 bits per heavy atom. The molecule has 1 aromatic rings. The van der Waals surface area contributed by atoms with Gasteiger partial charge < -0.3 is 9.80 Å². The van der Waals surface area contributed by atoms with Gasteiger partial charge in [0, 0.05) is 26.6 Å². The molecule has 1 aromatic heterocycles. The van der Waals surface area contributed by atoms with E-state index in [1.165, 1.54) is 12.3 Å². The molecule has 3 nitrogen and oxygen atoms in total. The number of aromatic nitrogens is 1. The first kappa shape index (κ1) is 14.8. The number of anilines is 1. The molecular weight excluding hydrogens is 236 g/mol. The normalized spacial score (nSPS) is 11.9. The van der Waals surface area contributed by atoms with E-state index in [-0.39, 0.29) is 5.69 Å². The zero-order valence-electron chi connectivity index (χ0n) is 11.5. The van der Waals surface area contributed by atoms with Gasteiger partial charge in [-0.3, -0.25) is 4.98 Å². The minimum atomic E-state index is -2.88. The van der Waals surface area contributed by atoms with E-state index in [4.69, 9.17) is 0 Å². The number of likely N-dealkylation sites (N-methyl/N-ethyl adjacent to an activating group) is 2. The van der Waals surface area contributed by atoms with E-state index in [0.717, 1.165) is 32.2 Å². The van der Waals surface area contributed by atoms with Gasteiger partial charge in [0.2, 0.25) is 0 Å². The van der Waals surface area contributed by atoms with Crippen LogP contribution in [0.4, 0.5) is 14.5 Å². The predicted molar refractivity (Wildman–Crippen MR) is 70.2 cm³/mol. The first-order valence-electron chi connectivity index (χ1n) is 6.08. The zero-order valence-corrected chi connectivity index (χ0v) is 11.5. The molecule has 5 heteroatoms. The summed E-state index contributed by atoms with van der Waals surface area (Å²) in [5.41, 5.74) is 0.697. The molecule has 0 saturated carbocycles. The molecule has 0 aromatic carbocycles. The smallest absolute Gasteiger partial charge is 0.286 e. The summed E-state index contributed by atoms with van der Waals surface area (Å²) >= 11 is 0. The van der Waals surface area contributed by atoms with Gasteiger partial charge in [-0.05, 0) is 33.2 Å². The van der Waals surface area contributed by atoms with Crippen molar-refractivity contribution in [2.45, 2.75) is 19.8 Å². The lowest BCUT2D eigenvalue weighted by molar-refractivity contribution is 0.0128. The van der Waals surface area contributed by atoms with Crippen LogP contribution in [0.2, 0.25) is 0 Å². The maximum Gasteiger partial charge on any atom is 0.286 e. The monoisotopic (exact) mass is 257 g/mol. The first-order valence-corrected chi connectivity index (χ1v) is 6.08. The van der Waals surface area contributed by atoms with Gasteiger partial charge in [-0.25, -0.2) is 0 Å². The van der Waals surface area contributed by atoms with E-state index < -0.39 is 5.92 Å². The maximum atomic E-state index is 13.0. The standard InChI is InChI=1S/C13H21F2N3/c1-5-18(9-8-17(3)4)11-6-7-12(16-10-11)13(2,14)15/h6-7,10H,5,8-9H2,1-4H3. The fourth-order valence-electron chi connectivity index (χ4n) is 1.62. The van der Waals surface area contributed by atoms with E-state index >= 15 is 0 Å².